The number of rotatable bonds is 5. The minimum atomic E-state index is -0.168. The molecule has 1 aromatic carbocycles. The van der Waals surface area contributed by atoms with E-state index in [0.717, 1.165) is 37.3 Å². The molecule has 0 saturated carbocycles. The normalized spacial score (nSPS) is 14.9. The second-order valence-corrected chi connectivity index (χ2v) is 9.15. The Balaban J connectivity index is 1.59. The highest BCUT2D eigenvalue weighted by Crippen LogP contribution is 2.39. The van der Waals surface area contributed by atoms with Gasteiger partial charge in [0.15, 0.2) is 0 Å². The average Bonchev–Trinajstić information content (AvgIpc) is 3.36. The molecule has 6 heteroatoms. The molecular formula is C24H30N4OS. The van der Waals surface area contributed by atoms with Crippen molar-refractivity contribution in [2.75, 3.05) is 18.4 Å². The van der Waals surface area contributed by atoms with Crippen molar-refractivity contribution in [2.24, 2.45) is 0 Å². The number of nitrogens with zero attached hydrogens (tertiary/aromatic N) is 2. The molecule has 1 aliphatic rings. The van der Waals surface area contributed by atoms with Gasteiger partial charge in [0.05, 0.1) is 6.04 Å². The van der Waals surface area contributed by atoms with Gasteiger partial charge in [0.2, 0.25) is 0 Å². The summed E-state index contributed by atoms with van der Waals surface area (Å²) in [7, 11) is 0. The van der Waals surface area contributed by atoms with Gasteiger partial charge in [0.1, 0.15) is 5.00 Å². The minimum Gasteiger partial charge on any atom is -0.331 e. The van der Waals surface area contributed by atoms with E-state index < -0.39 is 0 Å². The van der Waals surface area contributed by atoms with Crippen LogP contribution in [-0.4, -0.2) is 28.6 Å². The lowest BCUT2D eigenvalue weighted by Crippen LogP contribution is -2.33. The van der Waals surface area contributed by atoms with E-state index in [-0.39, 0.29) is 12.1 Å². The number of nitrogens with one attached hydrogen (secondary N) is 2. The summed E-state index contributed by atoms with van der Waals surface area (Å²) < 4.78 is 2.18. The van der Waals surface area contributed by atoms with Crippen LogP contribution in [-0.2, 0) is 13.0 Å². The van der Waals surface area contributed by atoms with Crippen LogP contribution < -0.4 is 10.6 Å². The number of carbonyl (C=O) groups is 1. The van der Waals surface area contributed by atoms with Gasteiger partial charge in [-0.3, -0.25) is 4.90 Å². The molecule has 1 aliphatic heterocycles. The molecule has 0 aliphatic carbocycles. The number of thiophene rings is 1. The standard InChI is InChI=1S/C24H30N4OS/c1-5-27-13-10-19-21(15-27)30-23(28-11-6-7-12-28)22(19)18(4)25-24(29)26-20-9-8-16(2)14-17(20)3/h6-9,11-12,14,18H,5,10,13,15H2,1-4H3,(H2,25,26,29)/t18-/m0/s1. The molecule has 3 aromatic rings. The number of urea groups is 1. The maximum atomic E-state index is 12.8. The molecule has 2 amide bonds. The zero-order valence-corrected chi connectivity index (χ0v) is 19.0. The summed E-state index contributed by atoms with van der Waals surface area (Å²) in [6.07, 6.45) is 5.20. The average molecular weight is 423 g/mol. The monoisotopic (exact) mass is 422 g/mol. The van der Waals surface area contributed by atoms with Crippen LogP contribution in [0.25, 0.3) is 5.00 Å². The highest BCUT2D eigenvalue weighted by atomic mass is 32.1. The Labute approximate surface area is 182 Å². The molecule has 2 N–H and O–H groups in total. The van der Waals surface area contributed by atoms with E-state index in [0.29, 0.717) is 0 Å². The Morgan fingerprint density at radius 2 is 2.00 bits per heavy atom. The molecule has 0 fully saturated rings. The van der Waals surface area contributed by atoms with Crippen LogP contribution in [0.5, 0.6) is 0 Å². The van der Waals surface area contributed by atoms with Gasteiger partial charge in [-0.15, -0.1) is 11.3 Å². The van der Waals surface area contributed by atoms with Crippen LogP contribution in [0.2, 0.25) is 0 Å². The summed E-state index contributed by atoms with van der Waals surface area (Å²) in [5.41, 5.74) is 5.76. The van der Waals surface area contributed by atoms with Crippen molar-refractivity contribution in [1.82, 2.24) is 14.8 Å². The van der Waals surface area contributed by atoms with Crippen LogP contribution in [0.3, 0.4) is 0 Å². The third-order valence-corrected chi connectivity index (χ3v) is 7.10. The molecule has 0 saturated heterocycles. The zero-order valence-electron chi connectivity index (χ0n) is 18.2. The maximum absolute atomic E-state index is 12.8. The summed E-state index contributed by atoms with van der Waals surface area (Å²) in [6, 6.07) is 9.91. The van der Waals surface area contributed by atoms with Gasteiger partial charge >= 0.3 is 6.03 Å². The second kappa shape index (κ2) is 8.66. The van der Waals surface area contributed by atoms with Gasteiger partial charge in [-0.25, -0.2) is 4.79 Å². The van der Waals surface area contributed by atoms with Crippen molar-refractivity contribution < 1.29 is 4.79 Å². The molecule has 30 heavy (non-hydrogen) atoms. The number of carbonyl (C=O) groups excluding carboxylic acids is 1. The molecule has 0 radical (unpaired) electrons. The van der Waals surface area contributed by atoms with Crippen LogP contribution in [0.15, 0.2) is 42.7 Å². The summed E-state index contributed by atoms with van der Waals surface area (Å²) in [5, 5.41) is 7.41. The fourth-order valence-electron chi connectivity index (χ4n) is 4.23. The Morgan fingerprint density at radius 3 is 2.70 bits per heavy atom. The van der Waals surface area contributed by atoms with Gasteiger partial charge in [0.25, 0.3) is 0 Å². The summed E-state index contributed by atoms with van der Waals surface area (Å²) in [4.78, 5) is 16.7. The molecule has 5 nitrogen and oxygen atoms in total. The van der Waals surface area contributed by atoms with Gasteiger partial charge in [-0.1, -0.05) is 24.6 Å². The first-order valence-electron chi connectivity index (χ1n) is 10.6. The Morgan fingerprint density at radius 1 is 1.23 bits per heavy atom. The lowest BCUT2D eigenvalue weighted by Gasteiger charge is -2.26. The number of aryl methyl sites for hydroxylation is 2. The van der Waals surface area contributed by atoms with Gasteiger partial charge in [-0.2, -0.15) is 0 Å². The van der Waals surface area contributed by atoms with Crippen molar-refractivity contribution in [2.45, 2.75) is 46.7 Å². The fraction of sp³-hybridized carbons (Fsp3) is 0.375. The smallest absolute Gasteiger partial charge is 0.319 e. The Hall–Kier alpha value is -2.57. The van der Waals surface area contributed by atoms with Crippen molar-refractivity contribution in [1.29, 1.82) is 0 Å². The molecule has 0 unspecified atom stereocenters. The van der Waals surface area contributed by atoms with Gasteiger partial charge in [-0.05, 0) is 63.1 Å². The predicted molar refractivity (Wildman–Crippen MR) is 125 cm³/mol. The largest absolute Gasteiger partial charge is 0.331 e. The fourth-order valence-corrected chi connectivity index (χ4v) is 5.68. The summed E-state index contributed by atoms with van der Waals surface area (Å²) in [5.74, 6) is 0. The molecule has 0 spiro atoms. The van der Waals surface area contributed by atoms with Crippen molar-refractivity contribution in [3.63, 3.8) is 0 Å². The topological polar surface area (TPSA) is 49.3 Å². The summed E-state index contributed by atoms with van der Waals surface area (Å²) in [6.45, 7) is 11.5. The third-order valence-electron chi connectivity index (χ3n) is 5.85. The molecular weight excluding hydrogens is 392 g/mol. The number of hydrogen-bond acceptors (Lipinski definition) is 3. The Bertz CT molecular complexity index is 1040. The molecule has 158 valence electrons. The molecule has 3 heterocycles. The van der Waals surface area contributed by atoms with Gasteiger partial charge < -0.3 is 15.2 Å². The number of anilines is 1. The SMILES string of the molecule is CCN1CCc2c(sc(-n3cccc3)c2[C@H](C)NC(=O)Nc2ccc(C)cc2C)C1. The van der Waals surface area contributed by atoms with E-state index in [1.165, 1.54) is 26.6 Å². The van der Waals surface area contributed by atoms with E-state index >= 15 is 0 Å². The van der Waals surface area contributed by atoms with E-state index in [2.05, 4.69) is 59.3 Å². The third kappa shape index (κ3) is 4.16. The first-order valence-corrected chi connectivity index (χ1v) is 11.4. The molecule has 2 aromatic heterocycles. The molecule has 0 bridgehead atoms. The Kier molecular flexibility index (Phi) is 5.97. The van der Waals surface area contributed by atoms with Crippen molar-refractivity contribution >= 4 is 23.1 Å². The van der Waals surface area contributed by atoms with Gasteiger partial charge in [0, 0.05) is 41.6 Å². The van der Waals surface area contributed by atoms with E-state index in [1.54, 1.807) is 0 Å². The molecule has 1 atom stereocenters. The lowest BCUT2D eigenvalue weighted by molar-refractivity contribution is 0.249. The second-order valence-electron chi connectivity index (χ2n) is 8.07. The number of aromatic nitrogens is 1. The van der Waals surface area contributed by atoms with Crippen LogP contribution in [0.4, 0.5) is 10.5 Å². The first kappa shape index (κ1) is 20.7. The van der Waals surface area contributed by atoms with Crippen molar-refractivity contribution in [3.8, 4) is 5.00 Å². The number of benzene rings is 1. The zero-order chi connectivity index (χ0) is 21.3. The van der Waals surface area contributed by atoms with E-state index in [9.17, 15) is 4.79 Å². The molecule has 4 rings (SSSR count). The lowest BCUT2D eigenvalue weighted by atomic mass is 9.98. The summed E-state index contributed by atoms with van der Waals surface area (Å²) >= 11 is 1.85. The maximum Gasteiger partial charge on any atom is 0.319 e. The number of fused-ring (bicyclic) bond motifs is 1. The van der Waals surface area contributed by atoms with Crippen LogP contribution in [0.1, 0.15) is 47.0 Å². The van der Waals surface area contributed by atoms with E-state index in [4.69, 9.17) is 0 Å². The first-order chi connectivity index (χ1) is 14.5. The highest BCUT2D eigenvalue weighted by Gasteiger charge is 2.28. The predicted octanol–water partition coefficient (Wildman–Crippen LogP) is 5.42. The number of likely N-dealkylation sites (N-methyl/N-ethyl adjacent to an activating group) is 1. The van der Waals surface area contributed by atoms with E-state index in [1.807, 2.05) is 42.5 Å². The quantitative estimate of drug-likeness (QED) is 0.577. The van der Waals surface area contributed by atoms with Crippen LogP contribution in [0, 0.1) is 13.8 Å². The van der Waals surface area contributed by atoms with Crippen molar-refractivity contribution in [3.05, 3.63) is 69.9 Å². The number of amides is 2. The number of hydrogen-bond donors (Lipinski definition) is 2. The van der Waals surface area contributed by atoms with Crippen LogP contribution >= 0.6 is 11.3 Å². The minimum absolute atomic E-state index is 0.0821. The highest BCUT2D eigenvalue weighted by molar-refractivity contribution is 7.15.